The molecule has 0 radical (unpaired) electrons. The van der Waals surface area contributed by atoms with Crippen LogP contribution in [0.3, 0.4) is 0 Å². The second kappa shape index (κ2) is 10.9. The molecule has 0 saturated heterocycles. The number of carbonyl (C=O) groups excluding carboxylic acids is 1. The fourth-order valence-electron chi connectivity index (χ4n) is 2.15. The third kappa shape index (κ3) is 7.77. The third-order valence-electron chi connectivity index (χ3n) is 3.49. The lowest BCUT2D eigenvalue weighted by atomic mass is 10.1. The van der Waals surface area contributed by atoms with Gasteiger partial charge in [0.25, 0.3) is 0 Å². The fraction of sp³-hybridized carbons (Fsp3) is 0.611. The van der Waals surface area contributed by atoms with Crippen LogP contribution in [0.1, 0.15) is 32.8 Å². The summed E-state index contributed by atoms with van der Waals surface area (Å²) < 4.78 is 5.45. The average Bonchev–Trinajstić information content (AvgIpc) is 2.51. The zero-order valence-electron chi connectivity index (χ0n) is 14.8. The Morgan fingerprint density at radius 1 is 1.29 bits per heavy atom. The van der Waals surface area contributed by atoms with Gasteiger partial charge < -0.3 is 14.7 Å². The largest absolute Gasteiger partial charge is 0.449 e. The van der Waals surface area contributed by atoms with E-state index < -0.39 is 0 Å². The summed E-state index contributed by atoms with van der Waals surface area (Å²) in [6.07, 6.45) is 1.09. The van der Waals surface area contributed by atoms with Crippen LogP contribution in [-0.2, 0) is 11.2 Å². The lowest BCUT2D eigenvalue weighted by Gasteiger charge is -2.34. The first-order valence-corrected chi connectivity index (χ1v) is 9.76. The van der Waals surface area contributed by atoms with Crippen molar-refractivity contribution in [3.8, 4) is 0 Å². The molecule has 0 aliphatic heterocycles. The Hall–Kier alpha value is -0.910. The fourth-order valence-corrected chi connectivity index (χ4v) is 3.23. The van der Waals surface area contributed by atoms with Gasteiger partial charge >= 0.3 is 6.09 Å². The normalized spacial score (nSPS) is 11.4. The smallest absolute Gasteiger partial charge is 0.410 e. The van der Waals surface area contributed by atoms with Crippen LogP contribution in [-0.4, -0.2) is 52.9 Å². The Kier molecular flexibility index (Phi) is 9.56. The van der Waals surface area contributed by atoms with Crippen LogP contribution < -0.4 is 0 Å². The first kappa shape index (κ1) is 21.1. The SMILES string of the molecule is CC(C)(C)N(CCSCCCO)C(=O)OCCc1ccccc1Cl. The molecule has 0 heterocycles. The summed E-state index contributed by atoms with van der Waals surface area (Å²) in [6, 6.07) is 7.58. The molecule has 1 amide bonds. The Balaban J connectivity index is 2.45. The van der Waals surface area contributed by atoms with Crippen LogP contribution in [0.4, 0.5) is 4.79 Å². The van der Waals surface area contributed by atoms with E-state index in [-0.39, 0.29) is 18.2 Å². The topological polar surface area (TPSA) is 49.8 Å². The number of thioether (sulfide) groups is 1. The van der Waals surface area contributed by atoms with Crippen molar-refractivity contribution in [1.29, 1.82) is 0 Å². The standard InChI is InChI=1S/C18H28ClNO3S/c1-18(2,3)20(10-14-24-13-6-11-21)17(22)23-12-9-15-7-4-5-8-16(15)19/h4-5,7-8,21H,6,9-14H2,1-3H3. The zero-order valence-corrected chi connectivity index (χ0v) is 16.3. The maximum absolute atomic E-state index is 12.4. The summed E-state index contributed by atoms with van der Waals surface area (Å²) in [7, 11) is 0. The highest BCUT2D eigenvalue weighted by Crippen LogP contribution is 2.18. The first-order valence-electron chi connectivity index (χ1n) is 8.22. The van der Waals surface area contributed by atoms with Crippen LogP contribution in [0.5, 0.6) is 0 Å². The molecule has 1 N–H and O–H groups in total. The number of carbonyl (C=O) groups is 1. The van der Waals surface area contributed by atoms with E-state index in [1.54, 1.807) is 16.7 Å². The van der Waals surface area contributed by atoms with Crippen LogP contribution >= 0.6 is 23.4 Å². The first-order chi connectivity index (χ1) is 11.4. The average molecular weight is 374 g/mol. The molecule has 6 heteroatoms. The van der Waals surface area contributed by atoms with Gasteiger partial charge in [0.05, 0.1) is 6.61 Å². The summed E-state index contributed by atoms with van der Waals surface area (Å²) in [5.74, 6) is 1.73. The predicted molar refractivity (Wildman–Crippen MR) is 102 cm³/mol. The molecule has 0 aromatic heterocycles. The van der Waals surface area contributed by atoms with E-state index >= 15 is 0 Å². The minimum absolute atomic E-state index is 0.208. The van der Waals surface area contributed by atoms with Crippen molar-refractivity contribution >= 4 is 29.5 Å². The van der Waals surface area contributed by atoms with Gasteiger partial charge in [-0.3, -0.25) is 0 Å². The van der Waals surface area contributed by atoms with Crippen molar-refractivity contribution in [2.24, 2.45) is 0 Å². The summed E-state index contributed by atoms with van der Waals surface area (Å²) in [6.45, 7) is 7.15. The van der Waals surface area contributed by atoms with Crippen LogP contribution in [0, 0.1) is 0 Å². The summed E-state index contributed by atoms with van der Waals surface area (Å²) in [4.78, 5) is 14.2. The lowest BCUT2D eigenvalue weighted by Crippen LogP contribution is -2.47. The molecule has 0 atom stereocenters. The van der Waals surface area contributed by atoms with E-state index in [9.17, 15) is 4.79 Å². The molecule has 1 rings (SSSR count). The predicted octanol–water partition coefficient (Wildman–Crippen LogP) is 4.24. The molecule has 0 aliphatic rings. The maximum Gasteiger partial charge on any atom is 0.410 e. The van der Waals surface area contributed by atoms with Gasteiger partial charge in [0.15, 0.2) is 0 Å². The van der Waals surface area contributed by atoms with Gasteiger partial charge in [0, 0.05) is 35.9 Å². The minimum Gasteiger partial charge on any atom is -0.449 e. The third-order valence-corrected chi connectivity index (χ3v) is 4.91. The van der Waals surface area contributed by atoms with Gasteiger partial charge in [-0.25, -0.2) is 4.79 Å². The van der Waals surface area contributed by atoms with E-state index in [4.69, 9.17) is 21.4 Å². The number of aliphatic hydroxyl groups is 1. The quantitative estimate of drug-likeness (QED) is 0.658. The summed E-state index contributed by atoms with van der Waals surface area (Å²) in [5, 5.41) is 9.49. The van der Waals surface area contributed by atoms with E-state index in [0.29, 0.717) is 24.6 Å². The lowest BCUT2D eigenvalue weighted by molar-refractivity contribution is 0.0720. The highest BCUT2D eigenvalue weighted by atomic mass is 35.5. The van der Waals surface area contributed by atoms with Gasteiger partial charge in [-0.2, -0.15) is 11.8 Å². The molecule has 0 bridgehead atoms. The van der Waals surface area contributed by atoms with Crippen molar-refractivity contribution < 1.29 is 14.6 Å². The molecule has 0 aliphatic carbocycles. The second-order valence-electron chi connectivity index (χ2n) is 6.47. The second-order valence-corrected chi connectivity index (χ2v) is 8.10. The highest BCUT2D eigenvalue weighted by Gasteiger charge is 2.27. The molecule has 1 aromatic rings. The number of aliphatic hydroxyl groups excluding tert-OH is 1. The number of hydrogen-bond acceptors (Lipinski definition) is 4. The van der Waals surface area contributed by atoms with E-state index in [2.05, 4.69) is 0 Å². The highest BCUT2D eigenvalue weighted by molar-refractivity contribution is 7.99. The molecule has 4 nitrogen and oxygen atoms in total. The number of ether oxygens (including phenoxy) is 1. The van der Waals surface area contributed by atoms with Crippen LogP contribution in [0.15, 0.2) is 24.3 Å². The van der Waals surface area contributed by atoms with Crippen molar-refractivity contribution in [3.05, 3.63) is 34.9 Å². The van der Waals surface area contributed by atoms with Crippen molar-refractivity contribution in [3.63, 3.8) is 0 Å². The number of amides is 1. The zero-order chi connectivity index (χ0) is 18.0. The Labute approximate surface area is 154 Å². The summed E-state index contributed by atoms with van der Waals surface area (Å²) in [5.41, 5.74) is 0.688. The monoisotopic (exact) mass is 373 g/mol. The van der Waals surface area contributed by atoms with Crippen molar-refractivity contribution in [2.45, 2.75) is 39.2 Å². The van der Waals surface area contributed by atoms with Crippen molar-refractivity contribution in [1.82, 2.24) is 4.90 Å². The van der Waals surface area contributed by atoms with Gasteiger partial charge in [-0.05, 0) is 44.6 Å². The number of hydrogen-bond donors (Lipinski definition) is 1. The number of rotatable bonds is 9. The Morgan fingerprint density at radius 2 is 2.00 bits per heavy atom. The molecule has 0 spiro atoms. The molecular weight excluding hydrogens is 346 g/mol. The molecule has 1 aromatic carbocycles. The number of halogens is 1. The van der Waals surface area contributed by atoms with E-state index in [1.165, 1.54) is 0 Å². The van der Waals surface area contributed by atoms with Crippen molar-refractivity contribution in [2.75, 3.05) is 31.3 Å². The molecule has 0 fully saturated rings. The van der Waals surface area contributed by atoms with Gasteiger partial charge in [-0.1, -0.05) is 29.8 Å². The molecule has 0 unspecified atom stereocenters. The van der Waals surface area contributed by atoms with E-state index in [0.717, 1.165) is 23.5 Å². The molecule has 24 heavy (non-hydrogen) atoms. The Morgan fingerprint density at radius 3 is 2.62 bits per heavy atom. The van der Waals surface area contributed by atoms with E-state index in [1.807, 2.05) is 45.0 Å². The number of benzene rings is 1. The molecular formula is C18H28ClNO3S. The van der Waals surface area contributed by atoms with Gasteiger partial charge in [0.2, 0.25) is 0 Å². The molecule has 0 saturated carbocycles. The Bertz CT molecular complexity index is 505. The molecule has 136 valence electrons. The summed E-state index contributed by atoms with van der Waals surface area (Å²) >= 11 is 7.85. The van der Waals surface area contributed by atoms with Gasteiger partial charge in [-0.15, -0.1) is 0 Å². The maximum atomic E-state index is 12.4. The van der Waals surface area contributed by atoms with Crippen LogP contribution in [0.25, 0.3) is 0 Å². The van der Waals surface area contributed by atoms with Gasteiger partial charge in [0.1, 0.15) is 0 Å². The minimum atomic E-state index is -0.294. The van der Waals surface area contributed by atoms with Crippen LogP contribution in [0.2, 0.25) is 5.02 Å². The number of nitrogens with zero attached hydrogens (tertiary/aromatic N) is 1.